The lowest BCUT2D eigenvalue weighted by atomic mass is 9.97. The predicted octanol–water partition coefficient (Wildman–Crippen LogP) is 1.66. The zero-order valence-corrected chi connectivity index (χ0v) is 15.7. The highest BCUT2D eigenvalue weighted by atomic mass is 16.2. The van der Waals surface area contributed by atoms with Crippen LogP contribution < -0.4 is 4.90 Å². The molecule has 1 saturated carbocycles. The predicted molar refractivity (Wildman–Crippen MR) is 98.7 cm³/mol. The maximum Gasteiger partial charge on any atom is 0.244 e. The van der Waals surface area contributed by atoms with Gasteiger partial charge in [0.1, 0.15) is 12.4 Å². The summed E-state index contributed by atoms with van der Waals surface area (Å²) < 4.78 is 1.81. The summed E-state index contributed by atoms with van der Waals surface area (Å²) in [5.41, 5.74) is 2.00. The van der Waals surface area contributed by atoms with Crippen LogP contribution >= 0.6 is 0 Å². The number of fused-ring (bicyclic) bond motifs is 1. The number of hydrogen-bond acceptors (Lipinski definition) is 5. The molecule has 4 rings (SSSR count). The van der Waals surface area contributed by atoms with E-state index in [-0.39, 0.29) is 5.91 Å². The number of aryl methyl sites for hydroxylation is 2. The minimum atomic E-state index is 0.173. The van der Waals surface area contributed by atoms with Crippen molar-refractivity contribution < 1.29 is 4.79 Å². The maximum atomic E-state index is 12.8. The zero-order chi connectivity index (χ0) is 18.3. The van der Waals surface area contributed by atoms with Crippen LogP contribution in [0.4, 0.5) is 5.82 Å². The first-order valence-electron chi connectivity index (χ1n) is 9.30. The largest absolute Gasteiger partial charge is 0.355 e. The normalized spacial score (nSPS) is 24.7. The summed E-state index contributed by atoms with van der Waals surface area (Å²) in [6, 6.07) is 2.43. The number of hydrogen-bond donors (Lipinski definition) is 0. The van der Waals surface area contributed by atoms with E-state index in [0.29, 0.717) is 24.4 Å². The Morgan fingerprint density at radius 1 is 1.27 bits per heavy atom. The summed E-state index contributed by atoms with van der Waals surface area (Å²) in [6.07, 6.45) is 7.57. The fourth-order valence-electron chi connectivity index (χ4n) is 4.63. The van der Waals surface area contributed by atoms with E-state index in [2.05, 4.69) is 27.0 Å². The molecule has 26 heavy (non-hydrogen) atoms. The Bertz CT molecular complexity index is 789. The van der Waals surface area contributed by atoms with Gasteiger partial charge in [-0.2, -0.15) is 5.10 Å². The maximum absolute atomic E-state index is 12.8. The molecular weight excluding hydrogens is 328 g/mol. The Morgan fingerprint density at radius 3 is 2.81 bits per heavy atom. The Labute approximate surface area is 154 Å². The van der Waals surface area contributed by atoms with Gasteiger partial charge >= 0.3 is 0 Å². The fourth-order valence-corrected chi connectivity index (χ4v) is 4.63. The Morgan fingerprint density at radius 2 is 2.12 bits per heavy atom. The van der Waals surface area contributed by atoms with E-state index in [1.165, 1.54) is 6.42 Å². The van der Waals surface area contributed by atoms with E-state index in [4.69, 9.17) is 0 Å². The lowest BCUT2D eigenvalue weighted by molar-refractivity contribution is -0.131. The molecule has 0 aromatic carbocycles. The second-order valence-corrected chi connectivity index (χ2v) is 7.63. The number of carbonyl (C=O) groups excluding carboxylic acids is 1. The molecule has 1 aliphatic heterocycles. The SMILES string of the molecule is Cc1cc(C)n(CC(=O)N2C[C@H]3CC[C@@H](N(C)c4cnccn4)[C@H]3C2)n1. The Balaban J connectivity index is 1.42. The van der Waals surface area contributed by atoms with Gasteiger partial charge in [0.25, 0.3) is 0 Å². The van der Waals surface area contributed by atoms with Gasteiger partial charge in [0.2, 0.25) is 5.91 Å². The van der Waals surface area contributed by atoms with E-state index in [0.717, 1.165) is 36.7 Å². The molecule has 3 heterocycles. The number of nitrogens with zero attached hydrogens (tertiary/aromatic N) is 6. The van der Waals surface area contributed by atoms with E-state index >= 15 is 0 Å². The first-order valence-corrected chi connectivity index (χ1v) is 9.30. The van der Waals surface area contributed by atoms with Gasteiger partial charge in [-0.15, -0.1) is 0 Å². The van der Waals surface area contributed by atoms with Crippen molar-refractivity contribution in [3.05, 3.63) is 36.0 Å². The monoisotopic (exact) mass is 354 g/mol. The molecule has 0 spiro atoms. The molecule has 7 nitrogen and oxygen atoms in total. The Kier molecular flexibility index (Phi) is 4.38. The molecule has 0 unspecified atom stereocenters. The third-order valence-corrected chi connectivity index (χ3v) is 5.97. The second kappa shape index (κ2) is 6.70. The molecule has 2 aromatic rings. The average molecular weight is 354 g/mol. The van der Waals surface area contributed by atoms with Gasteiger partial charge in [-0.25, -0.2) is 4.98 Å². The molecule has 0 N–H and O–H groups in total. The van der Waals surface area contributed by atoms with Crippen LogP contribution in [0.2, 0.25) is 0 Å². The van der Waals surface area contributed by atoms with Crippen molar-refractivity contribution in [2.45, 2.75) is 39.3 Å². The number of carbonyl (C=O) groups is 1. The first-order chi connectivity index (χ1) is 12.5. The van der Waals surface area contributed by atoms with Gasteiger partial charge < -0.3 is 9.80 Å². The average Bonchev–Trinajstić information content (AvgIpc) is 3.29. The molecule has 2 aliphatic rings. The molecule has 1 amide bonds. The zero-order valence-electron chi connectivity index (χ0n) is 15.7. The minimum absolute atomic E-state index is 0.173. The van der Waals surface area contributed by atoms with Gasteiger partial charge in [0, 0.05) is 50.2 Å². The van der Waals surface area contributed by atoms with Crippen LogP contribution in [0.1, 0.15) is 24.2 Å². The molecule has 2 aromatic heterocycles. The van der Waals surface area contributed by atoms with Crippen molar-refractivity contribution in [3.8, 4) is 0 Å². The smallest absolute Gasteiger partial charge is 0.244 e. The van der Waals surface area contributed by atoms with Crippen LogP contribution in [0, 0.1) is 25.7 Å². The van der Waals surface area contributed by atoms with Crippen molar-refractivity contribution >= 4 is 11.7 Å². The van der Waals surface area contributed by atoms with E-state index in [9.17, 15) is 4.79 Å². The highest BCUT2D eigenvalue weighted by Gasteiger charge is 2.45. The molecule has 2 fully saturated rings. The number of anilines is 1. The molecule has 1 aliphatic carbocycles. The summed E-state index contributed by atoms with van der Waals surface area (Å²) in [5, 5.41) is 4.42. The van der Waals surface area contributed by atoms with Gasteiger partial charge in [0.05, 0.1) is 11.9 Å². The molecule has 3 atom stereocenters. The summed E-state index contributed by atoms with van der Waals surface area (Å²) in [7, 11) is 2.09. The minimum Gasteiger partial charge on any atom is -0.355 e. The van der Waals surface area contributed by atoms with Crippen LogP contribution in [-0.4, -0.2) is 56.7 Å². The van der Waals surface area contributed by atoms with Crippen molar-refractivity contribution in [1.82, 2.24) is 24.6 Å². The second-order valence-electron chi connectivity index (χ2n) is 7.63. The third kappa shape index (κ3) is 3.06. The van der Waals surface area contributed by atoms with E-state index < -0.39 is 0 Å². The Hall–Kier alpha value is -2.44. The summed E-state index contributed by atoms with van der Waals surface area (Å²) in [6.45, 7) is 5.99. The molecule has 1 saturated heterocycles. The van der Waals surface area contributed by atoms with Gasteiger partial charge in [0.15, 0.2) is 0 Å². The lowest BCUT2D eigenvalue weighted by Crippen LogP contribution is -2.39. The van der Waals surface area contributed by atoms with E-state index in [1.807, 2.05) is 35.7 Å². The standard InChI is InChI=1S/C19H26N6O/c1-13-8-14(2)25(22-13)12-19(26)24-10-15-4-5-17(16(15)11-24)23(3)18-9-20-6-7-21-18/h6-9,15-17H,4-5,10-12H2,1-3H3/t15-,16+,17-/m1/s1. The van der Waals surface area contributed by atoms with Crippen molar-refractivity contribution in [2.75, 3.05) is 25.0 Å². The number of aromatic nitrogens is 4. The number of amides is 1. The van der Waals surface area contributed by atoms with Gasteiger partial charge in [-0.3, -0.25) is 14.5 Å². The van der Waals surface area contributed by atoms with Crippen LogP contribution in [-0.2, 0) is 11.3 Å². The topological polar surface area (TPSA) is 67.2 Å². The molecule has 138 valence electrons. The fraction of sp³-hybridized carbons (Fsp3) is 0.579. The lowest BCUT2D eigenvalue weighted by Gasteiger charge is -2.30. The number of rotatable bonds is 4. The highest BCUT2D eigenvalue weighted by molar-refractivity contribution is 5.76. The molecule has 0 bridgehead atoms. The first kappa shape index (κ1) is 17.0. The number of likely N-dealkylation sites (tertiary alicyclic amines) is 1. The third-order valence-electron chi connectivity index (χ3n) is 5.97. The van der Waals surface area contributed by atoms with Crippen molar-refractivity contribution in [2.24, 2.45) is 11.8 Å². The van der Waals surface area contributed by atoms with Crippen LogP contribution in [0.3, 0.4) is 0 Å². The highest BCUT2D eigenvalue weighted by Crippen LogP contribution is 2.41. The molecule has 7 heteroatoms. The van der Waals surface area contributed by atoms with Gasteiger partial charge in [-0.05, 0) is 38.7 Å². The quantitative estimate of drug-likeness (QED) is 0.835. The summed E-state index contributed by atoms with van der Waals surface area (Å²) in [5.74, 6) is 2.17. The van der Waals surface area contributed by atoms with Crippen LogP contribution in [0.15, 0.2) is 24.7 Å². The van der Waals surface area contributed by atoms with Crippen molar-refractivity contribution in [1.29, 1.82) is 0 Å². The van der Waals surface area contributed by atoms with Crippen LogP contribution in [0.25, 0.3) is 0 Å². The van der Waals surface area contributed by atoms with Gasteiger partial charge in [-0.1, -0.05) is 0 Å². The summed E-state index contributed by atoms with van der Waals surface area (Å²) >= 11 is 0. The summed E-state index contributed by atoms with van der Waals surface area (Å²) in [4.78, 5) is 25.7. The van der Waals surface area contributed by atoms with Crippen molar-refractivity contribution in [3.63, 3.8) is 0 Å². The van der Waals surface area contributed by atoms with Crippen LogP contribution in [0.5, 0.6) is 0 Å². The van der Waals surface area contributed by atoms with E-state index in [1.54, 1.807) is 12.4 Å². The molecule has 0 radical (unpaired) electrons. The molecular formula is C19H26N6O.